The second-order valence-corrected chi connectivity index (χ2v) is 8.66. The van der Waals surface area contributed by atoms with E-state index < -0.39 is 5.97 Å². The van der Waals surface area contributed by atoms with Crippen LogP contribution in [0.2, 0.25) is 0 Å². The molecule has 30 heavy (non-hydrogen) atoms. The number of Topliss-reactive ketones (excluding diaryl/α,β-unsaturated/α-hetero) is 1. The van der Waals surface area contributed by atoms with E-state index in [9.17, 15) is 9.59 Å². The first-order chi connectivity index (χ1) is 14.5. The van der Waals surface area contributed by atoms with Crippen molar-refractivity contribution in [1.29, 1.82) is 0 Å². The molecule has 0 radical (unpaired) electrons. The molecule has 5 atom stereocenters. The van der Waals surface area contributed by atoms with Crippen LogP contribution in [0, 0.1) is 17.8 Å². The van der Waals surface area contributed by atoms with Crippen LogP contribution in [0.4, 0.5) is 0 Å². The van der Waals surface area contributed by atoms with Gasteiger partial charge in [0.25, 0.3) is 0 Å². The second-order valence-electron chi connectivity index (χ2n) is 8.04. The molecule has 2 saturated carbocycles. The Hall–Kier alpha value is -2.39. The molecule has 2 fully saturated rings. The zero-order chi connectivity index (χ0) is 21.3. The van der Waals surface area contributed by atoms with Gasteiger partial charge in [0.05, 0.1) is 13.2 Å². The second kappa shape index (κ2) is 8.77. The van der Waals surface area contributed by atoms with Crippen molar-refractivity contribution in [3.05, 3.63) is 53.6 Å². The van der Waals surface area contributed by atoms with Crippen molar-refractivity contribution < 1.29 is 23.8 Å². The summed E-state index contributed by atoms with van der Waals surface area (Å²) in [5.74, 6) is 2.18. The van der Waals surface area contributed by atoms with Gasteiger partial charge in [-0.15, -0.1) is 9.24 Å². The summed E-state index contributed by atoms with van der Waals surface area (Å²) in [5.41, 5.74) is 1.27. The van der Waals surface area contributed by atoms with Gasteiger partial charge in [-0.2, -0.15) is 0 Å². The first-order valence-electron chi connectivity index (χ1n) is 10.4. The van der Waals surface area contributed by atoms with E-state index in [0.717, 1.165) is 23.7 Å². The SMILES string of the molecule is CCC(=O)[C@H]1[C@@H]2C[C@H](Oc3cc(C(=O)OCc4ccccc4)c(OC)cc3P)C[C@@H]21. The molecule has 0 spiro atoms. The van der Waals surface area contributed by atoms with Crippen LogP contribution < -0.4 is 14.8 Å². The number of hydrogen-bond donors (Lipinski definition) is 0. The van der Waals surface area contributed by atoms with Crippen LogP contribution in [-0.2, 0) is 16.1 Å². The highest BCUT2D eigenvalue weighted by molar-refractivity contribution is 7.27. The van der Waals surface area contributed by atoms with Crippen LogP contribution >= 0.6 is 9.24 Å². The molecule has 0 bridgehead atoms. The maximum absolute atomic E-state index is 12.7. The number of rotatable bonds is 8. The van der Waals surface area contributed by atoms with E-state index in [2.05, 4.69) is 9.24 Å². The molecule has 0 aromatic heterocycles. The molecule has 2 aromatic rings. The van der Waals surface area contributed by atoms with Crippen molar-refractivity contribution in [3.63, 3.8) is 0 Å². The first kappa shape index (κ1) is 20.9. The molecule has 4 rings (SSSR count). The Kier molecular flexibility index (Phi) is 6.10. The lowest BCUT2D eigenvalue weighted by molar-refractivity contribution is -0.120. The maximum atomic E-state index is 12.7. The number of ether oxygens (including phenoxy) is 3. The van der Waals surface area contributed by atoms with Crippen molar-refractivity contribution in [2.24, 2.45) is 17.8 Å². The molecule has 0 amide bonds. The van der Waals surface area contributed by atoms with Gasteiger partial charge in [0.1, 0.15) is 29.5 Å². The summed E-state index contributed by atoms with van der Waals surface area (Å²) in [4.78, 5) is 24.7. The van der Waals surface area contributed by atoms with Crippen LogP contribution in [0.5, 0.6) is 11.5 Å². The Bertz CT molecular complexity index is 930. The van der Waals surface area contributed by atoms with Gasteiger partial charge < -0.3 is 14.2 Å². The molecular formula is C24H27O5P. The molecule has 0 saturated heterocycles. The van der Waals surface area contributed by atoms with Gasteiger partial charge in [0.2, 0.25) is 0 Å². The lowest BCUT2D eigenvalue weighted by Crippen LogP contribution is -2.20. The number of benzene rings is 2. The smallest absolute Gasteiger partial charge is 0.342 e. The van der Waals surface area contributed by atoms with Gasteiger partial charge in [-0.05, 0) is 42.4 Å². The van der Waals surface area contributed by atoms with Crippen LogP contribution in [0.3, 0.4) is 0 Å². The Morgan fingerprint density at radius 3 is 2.40 bits per heavy atom. The Balaban J connectivity index is 1.43. The molecule has 2 aliphatic carbocycles. The largest absolute Gasteiger partial charge is 0.496 e. The minimum atomic E-state index is -0.451. The van der Waals surface area contributed by atoms with Crippen LogP contribution in [0.15, 0.2) is 42.5 Å². The van der Waals surface area contributed by atoms with Gasteiger partial charge in [-0.3, -0.25) is 4.79 Å². The molecule has 0 aliphatic heterocycles. The van der Waals surface area contributed by atoms with Crippen LogP contribution in [-0.4, -0.2) is 25.0 Å². The normalized spacial score (nSPS) is 24.1. The van der Waals surface area contributed by atoms with Gasteiger partial charge >= 0.3 is 5.97 Å². The van der Waals surface area contributed by atoms with Gasteiger partial charge in [0.15, 0.2) is 0 Å². The molecule has 2 aliphatic rings. The molecule has 6 heteroatoms. The Labute approximate surface area is 179 Å². The highest BCUT2D eigenvalue weighted by Crippen LogP contribution is 2.58. The first-order valence-corrected chi connectivity index (χ1v) is 11.0. The monoisotopic (exact) mass is 426 g/mol. The van der Waals surface area contributed by atoms with Crippen LogP contribution in [0.25, 0.3) is 0 Å². The quantitative estimate of drug-likeness (QED) is 0.473. The van der Waals surface area contributed by atoms with E-state index >= 15 is 0 Å². The summed E-state index contributed by atoms with van der Waals surface area (Å²) < 4.78 is 17.1. The third kappa shape index (κ3) is 4.22. The number of fused-ring (bicyclic) bond motifs is 1. The van der Waals surface area contributed by atoms with E-state index in [1.165, 1.54) is 7.11 Å². The summed E-state index contributed by atoms with van der Waals surface area (Å²) >= 11 is 0. The van der Waals surface area contributed by atoms with Crippen molar-refractivity contribution in [3.8, 4) is 11.5 Å². The highest BCUT2D eigenvalue weighted by Gasteiger charge is 2.59. The third-order valence-corrected chi connectivity index (χ3v) is 6.63. The molecular weight excluding hydrogens is 399 g/mol. The fourth-order valence-corrected chi connectivity index (χ4v) is 4.89. The summed E-state index contributed by atoms with van der Waals surface area (Å²) in [6, 6.07) is 13.0. The predicted molar refractivity (Wildman–Crippen MR) is 117 cm³/mol. The molecule has 0 heterocycles. The molecule has 158 valence electrons. The van der Waals surface area contributed by atoms with E-state index in [4.69, 9.17) is 14.2 Å². The maximum Gasteiger partial charge on any atom is 0.342 e. The van der Waals surface area contributed by atoms with Crippen molar-refractivity contribution >= 4 is 26.3 Å². The number of esters is 1. The predicted octanol–water partition coefficient (Wildman–Crippen LogP) is 3.94. The zero-order valence-corrected chi connectivity index (χ0v) is 18.5. The molecule has 0 N–H and O–H groups in total. The summed E-state index contributed by atoms with van der Waals surface area (Å²) in [5, 5.41) is 0.827. The minimum absolute atomic E-state index is 0.0711. The zero-order valence-electron chi connectivity index (χ0n) is 17.3. The van der Waals surface area contributed by atoms with Gasteiger partial charge in [-0.1, -0.05) is 37.3 Å². The third-order valence-electron chi connectivity index (χ3n) is 6.18. The minimum Gasteiger partial charge on any atom is -0.496 e. The van der Waals surface area contributed by atoms with E-state index in [-0.39, 0.29) is 18.6 Å². The van der Waals surface area contributed by atoms with Gasteiger partial charge in [0, 0.05) is 17.6 Å². The molecule has 1 unspecified atom stereocenters. The average molecular weight is 426 g/mol. The lowest BCUT2D eigenvalue weighted by Gasteiger charge is -2.20. The number of hydrogen-bond acceptors (Lipinski definition) is 5. The molecule has 2 aromatic carbocycles. The fourth-order valence-electron chi connectivity index (χ4n) is 4.59. The number of methoxy groups -OCH3 is 1. The van der Waals surface area contributed by atoms with E-state index in [0.29, 0.717) is 41.1 Å². The number of carbonyl (C=O) groups excluding carboxylic acids is 2. The summed E-state index contributed by atoms with van der Waals surface area (Å²) in [7, 11) is 4.17. The summed E-state index contributed by atoms with van der Waals surface area (Å²) in [6.45, 7) is 2.13. The Morgan fingerprint density at radius 1 is 1.07 bits per heavy atom. The van der Waals surface area contributed by atoms with Gasteiger partial charge in [-0.25, -0.2) is 4.79 Å². The summed E-state index contributed by atoms with van der Waals surface area (Å²) in [6.07, 6.45) is 2.48. The lowest BCUT2D eigenvalue weighted by atomic mass is 10.0. The van der Waals surface area contributed by atoms with E-state index in [1.54, 1.807) is 12.1 Å². The Morgan fingerprint density at radius 2 is 1.77 bits per heavy atom. The average Bonchev–Trinajstić information content (AvgIpc) is 3.27. The standard InChI is InChI=1S/C24H27O5P/c1-3-19(25)23-16-9-15(10-17(16)23)29-21-11-18(20(27-2)12-22(21)30)24(26)28-13-14-7-5-4-6-8-14/h4-8,11-12,15-17,23H,3,9-10,13,30H2,1-2H3/t15-,16+,17-,23-. The number of ketones is 1. The van der Waals surface area contributed by atoms with E-state index in [1.807, 2.05) is 37.3 Å². The number of carbonyl (C=O) groups is 2. The fraction of sp³-hybridized carbons (Fsp3) is 0.417. The highest BCUT2D eigenvalue weighted by atomic mass is 31.0. The van der Waals surface area contributed by atoms with Crippen LogP contribution in [0.1, 0.15) is 42.1 Å². The molecule has 5 nitrogen and oxygen atoms in total. The van der Waals surface area contributed by atoms with Crippen molar-refractivity contribution in [2.45, 2.75) is 38.9 Å². The topological polar surface area (TPSA) is 61.8 Å². The van der Waals surface area contributed by atoms with Crippen molar-refractivity contribution in [2.75, 3.05) is 7.11 Å². The van der Waals surface area contributed by atoms with Crippen molar-refractivity contribution in [1.82, 2.24) is 0 Å².